The standard InChI is InChI=1S/C6H2Cl2N2S/c7-3-1-4(8)6-5(2-3)9-10-11-6/h1-2H. The highest BCUT2D eigenvalue weighted by Crippen LogP contribution is 2.28. The molecular formula is C6H2Cl2N2S. The van der Waals surface area contributed by atoms with Crippen molar-refractivity contribution < 1.29 is 0 Å². The lowest BCUT2D eigenvalue weighted by Gasteiger charge is -1.91. The highest BCUT2D eigenvalue weighted by atomic mass is 35.5. The molecule has 0 aliphatic carbocycles. The third-order valence-electron chi connectivity index (χ3n) is 1.27. The maximum absolute atomic E-state index is 5.85. The molecule has 0 bridgehead atoms. The first-order chi connectivity index (χ1) is 5.27. The van der Waals surface area contributed by atoms with Gasteiger partial charge in [-0.3, -0.25) is 0 Å². The smallest absolute Gasteiger partial charge is 0.108 e. The minimum absolute atomic E-state index is 0.593. The summed E-state index contributed by atoms with van der Waals surface area (Å²) in [6.07, 6.45) is 0. The van der Waals surface area contributed by atoms with Gasteiger partial charge in [0, 0.05) is 5.02 Å². The van der Waals surface area contributed by atoms with Gasteiger partial charge in [-0.2, -0.15) is 0 Å². The van der Waals surface area contributed by atoms with E-state index in [2.05, 4.69) is 9.59 Å². The number of hydrogen-bond acceptors (Lipinski definition) is 3. The van der Waals surface area contributed by atoms with Crippen molar-refractivity contribution in [2.45, 2.75) is 0 Å². The predicted molar refractivity (Wildman–Crippen MR) is 47.4 cm³/mol. The van der Waals surface area contributed by atoms with E-state index in [0.29, 0.717) is 10.0 Å². The van der Waals surface area contributed by atoms with Crippen LogP contribution in [0.3, 0.4) is 0 Å². The number of aromatic nitrogens is 2. The van der Waals surface area contributed by atoms with Crippen LogP contribution < -0.4 is 0 Å². The molecule has 0 amide bonds. The van der Waals surface area contributed by atoms with E-state index in [-0.39, 0.29) is 0 Å². The quantitative estimate of drug-likeness (QED) is 0.660. The molecule has 11 heavy (non-hydrogen) atoms. The zero-order valence-electron chi connectivity index (χ0n) is 5.21. The second-order valence-corrected chi connectivity index (χ2v) is 3.61. The molecule has 2 nitrogen and oxygen atoms in total. The summed E-state index contributed by atoms with van der Waals surface area (Å²) in [7, 11) is 0. The molecule has 0 saturated carbocycles. The molecule has 56 valence electrons. The summed E-state index contributed by atoms with van der Waals surface area (Å²) in [4.78, 5) is 0. The van der Waals surface area contributed by atoms with Gasteiger partial charge >= 0.3 is 0 Å². The normalized spacial score (nSPS) is 10.7. The largest absolute Gasteiger partial charge is 0.138 e. The molecular weight excluding hydrogens is 203 g/mol. The Kier molecular flexibility index (Phi) is 1.71. The highest BCUT2D eigenvalue weighted by molar-refractivity contribution is 7.13. The Labute approximate surface area is 76.9 Å². The van der Waals surface area contributed by atoms with E-state index in [1.807, 2.05) is 0 Å². The Morgan fingerprint density at radius 2 is 2.09 bits per heavy atom. The molecule has 0 radical (unpaired) electrons. The van der Waals surface area contributed by atoms with Crippen molar-refractivity contribution in [1.82, 2.24) is 9.59 Å². The summed E-state index contributed by atoms with van der Waals surface area (Å²) in [6.45, 7) is 0. The number of benzene rings is 1. The van der Waals surface area contributed by atoms with Gasteiger partial charge in [0.25, 0.3) is 0 Å². The minimum Gasteiger partial charge on any atom is -0.138 e. The Balaban J connectivity index is 2.91. The zero-order chi connectivity index (χ0) is 7.84. The Hall–Kier alpha value is -0.380. The van der Waals surface area contributed by atoms with Crippen LogP contribution in [0.5, 0.6) is 0 Å². The van der Waals surface area contributed by atoms with E-state index >= 15 is 0 Å². The van der Waals surface area contributed by atoms with E-state index in [1.54, 1.807) is 12.1 Å². The second kappa shape index (κ2) is 2.59. The van der Waals surface area contributed by atoms with Crippen LogP contribution in [0.25, 0.3) is 10.2 Å². The fraction of sp³-hybridized carbons (Fsp3) is 0. The number of halogens is 2. The molecule has 0 saturated heterocycles. The molecule has 1 aromatic carbocycles. The lowest BCUT2D eigenvalue weighted by Crippen LogP contribution is -1.70. The molecule has 2 aromatic rings. The van der Waals surface area contributed by atoms with Crippen LogP contribution in [-0.2, 0) is 0 Å². The van der Waals surface area contributed by atoms with Crippen LogP contribution in [0.4, 0.5) is 0 Å². The van der Waals surface area contributed by atoms with Gasteiger partial charge in [-0.25, -0.2) is 0 Å². The van der Waals surface area contributed by atoms with Gasteiger partial charge in [-0.1, -0.05) is 27.7 Å². The van der Waals surface area contributed by atoms with Gasteiger partial charge in [0.1, 0.15) is 5.52 Å². The lowest BCUT2D eigenvalue weighted by atomic mass is 10.3. The molecule has 0 spiro atoms. The summed E-state index contributed by atoms with van der Waals surface area (Å²) in [5.74, 6) is 0. The summed E-state index contributed by atoms with van der Waals surface area (Å²) < 4.78 is 4.64. The van der Waals surface area contributed by atoms with Crippen molar-refractivity contribution in [3.63, 3.8) is 0 Å². The summed E-state index contributed by atoms with van der Waals surface area (Å²) in [5.41, 5.74) is 0.757. The van der Waals surface area contributed by atoms with Crippen LogP contribution in [0.15, 0.2) is 12.1 Å². The van der Waals surface area contributed by atoms with E-state index in [4.69, 9.17) is 23.2 Å². The summed E-state index contributed by atoms with van der Waals surface area (Å²) in [5, 5.41) is 5.05. The average molecular weight is 205 g/mol. The number of nitrogens with zero attached hydrogens (tertiary/aromatic N) is 2. The van der Waals surface area contributed by atoms with Gasteiger partial charge in [-0.15, -0.1) is 5.10 Å². The van der Waals surface area contributed by atoms with Crippen molar-refractivity contribution in [2.24, 2.45) is 0 Å². The molecule has 0 unspecified atom stereocenters. The topological polar surface area (TPSA) is 25.8 Å². The van der Waals surface area contributed by atoms with E-state index in [9.17, 15) is 0 Å². The van der Waals surface area contributed by atoms with Crippen LogP contribution in [0.2, 0.25) is 10.0 Å². The van der Waals surface area contributed by atoms with Crippen molar-refractivity contribution in [1.29, 1.82) is 0 Å². The monoisotopic (exact) mass is 204 g/mol. The maximum atomic E-state index is 5.85. The summed E-state index contributed by atoms with van der Waals surface area (Å²) >= 11 is 12.9. The zero-order valence-corrected chi connectivity index (χ0v) is 7.54. The second-order valence-electron chi connectivity index (χ2n) is 2.01. The number of rotatable bonds is 0. The van der Waals surface area contributed by atoms with Gasteiger partial charge in [0.15, 0.2) is 0 Å². The van der Waals surface area contributed by atoms with Crippen molar-refractivity contribution >= 4 is 45.0 Å². The number of hydrogen-bond donors (Lipinski definition) is 0. The Morgan fingerprint density at radius 1 is 1.27 bits per heavy atom. The van der Waals surface area contributed by atoms with Gasteiger partial charge in [-0.05, 0) is 23.7 Å². The van der Waals surface area contributed by atoms with Crippen LogP contribution in [0, 0.1) is 0 Å². The maximum Gasteiger partial charge on any atom is 0.108 e. The third-order valence-corrected chi connectivity index (χ3v) is 2.67. The predicted octanol–water partition coefficient (Wildman–Crippen LogP) is 3.00. The SMILES string of the molecule is Clc1cc(Cl)c2snnc2c1. The molecule has 0 aliphatic rings. The summed E-state index contributed by atoms with van der Waals surface area (Å²) in [6, 6.07) is 3.43. The van der Waals surface area contributed by atoms with Crippen molar-refractivity contribution in [3.05, 3.63) is 22.2 Å². The molecule has 1 heterocycles. The van der Waals surface area contributed by atoms with E-state index < -0.39 is 0 Å². The van der Waals surface area contributed by atoms with Crippen molar-refractivity contribution in [2.75, 3.05) is 0 Å². The minimum atomic E-state index is 0.593. The molecule has 5 heteroatoms. The van der Waals surface area contributed by atoms with Crippen LogP contribution in [-0.4, -0.2) is 9.59 Å². The van der Waals surface area contributed by atoms with Gasteiger partial charge in [0.2, 0.25) is 0 Å². The average Bonchev–Trinajstić information content (AvgIpc) is 2.34. The first-order valence-electron chi connectivity index (χ1n) is 2.84. The Bertz CT molecular complexity index is 398. The third kappa shape index (κ3) is 1.20. The van der Waals surface area contributed by atoms with Crippen LogP contribution >= 0.6 is 34.7 Å². The molecule has 0 atom stereocenters. The molecule has 0 fully saturated rings. The first-order valence-corrected chi connectivity index (χ1v) is 4.37. The number of fused-ring (bicyclic) bond motifs is 1. The van der Waals surface area contributed by atoms with Crippen LogP contribution in [0.1, 0.15) is 0 Å². The lowest BCUT2D eigenvalue weighted by molar-refractivity contribution is 1.20. The molecule has 0 aliphatic heterocycles. The van der Waals surface area contributed by atoms with Crippen molar-refractivity contribution in [3.8, 4) is 0 Å². The van der Waals surface area contributed by atoms with Gasteiger partial charge in [0.05, 0.1) is 9.72 Å². The molecule has 0 N–H and O–H groups in total. The molecule has 2 rings (SSSR count). The Morgan fingerprint density at radius 3 is 2.91 bits per heavy atom. The fourth-order valence-electron chi connectivity index (χ4n) is 0.817. The first kappa shape index (κ1) is 7.28. The molecule has 1 aromatic heterocycles. The highest BCUT2D eigenvalue weighted by Gasteiger charge is 2.03. The fourth-order valence-corrected chi connectivity index (χ4v) is 1.95. The van der Waals surface area contributed by atoms with Gasteiger partial charge < -0.3 is 0 Å². The van der Waals surface area contributed by atoms with E-state index in [0.717, 1.165) is 10.2 Å². The van der Waals surface area contributed by atoms with E-state index in [1.165, 1.54) is 11.5 Å².